The molecule has 0 rings (SSSR count). The van der Waals surface area contributed by atoms with E-state index in [0.717, 1.165) is 95.8 Å². The molecule has 0 saturated heterocycles. The summed E-state index contributed by atoms with van der Waals surface area (Å²) >= 11 is 0. The summed E-state index contributed by atoms with van der Waals surface area (Å²) < 4.78 is 68.7. The summed E-state index contributed by atoms with van der Waals surface area (Å²) in [7, 11) is -9.92. The van der Waals surface area contributed by atoms with E-state index in [0.29, 0.717) is 25.7 Å². The van der Waals surface area contributed by atoms with Gasteiger partial charge in [-0.15, -0.1) is 0 Å². The molecule has 0 radical (unpaired) electrons. The smallest absolute Gasteiger partial charge is 0.462 e. The third-order valence-corrected chi connectivity index (χ3v) is 21.3. The zero-order chi connectivity index (χ0) is 73.4. The van der Waals surface area contributed by atoms with Crippen molar-refractivity contribution >= 4 is 39.5 Å². The van der Waals surface area contributed by atoms with Gasteiger partial charge in [-0.2, -0.15) is 0 Å². The molecule has 0 aromatic heterocycles. The van der Waals surface area contributed by atoms with Crippen molar-refractivity contribution in [2.45, 2.75) is 451 Å². The van der Waals surface area contributed by atoms with Gasteiger partial charge in [-0.05, 0) is 31.6 Å². The molecule has 0 aromatic rings. The number of phosphoric ester groups is 2. The number of hydrogen-bond donors (Lipinski definition) is 3. The van der Waals surface area contributed by atoms with Crippen molar-refractivity contribution in [1.29, 1.82) is 0 Å². The molecular formula is C81H158O17P2. The Morgan fingerprint density at radius 3 is 0.710 bits per heavy atom. The fourth-order valence-electron chi connectivity index (χ4n) is 12.6. The molecule has 0 fully saturated rings. The summed E-state index contributed by atoms with van der Waals surface area (Å²) in [6, 6.07) is 0. The normalized spacial score (nSPS) is 14.1. The SMILES string of the molecule is CCCCCCCCCCCCCCCCCCCCCCC(=O)O[C@H](COC(=O)CCCCCCCCCCCCCCCC)COP(=O)(O)OC[C@@H](O)COP(=O)(O)OC[C@@H](COC(=O)CCCCCCCCCCC(C)CC)OC(=O)CCCCCCCCCCCCCCCC. The summed E-state index contributed by atoms with van der Waals surface area (Å²) in [6.07, 6.45) is 65.1. The Labute approximate surface area is 613 Å². The summed E-state index contributed by atoms with van der Waals surface area (Å²) in [5.41, 5.74) is 0. The van der Waals surface area contributed by atoms with Crippen LogP contribution in [0.15, 0.2) is 0 Å². The Kier molecular flexibility index (Phi) is 72.5. The van der Waals surface area contributed by atoms with E-state index in [1.165, 1.54) is 257 Å². The Bertz CT molecular complexity index is 1910. The molecule has 0 saturated carbocycles. The second-order valence-electron chi connectivity index (χ2n) is 29.4. The van der Waals surface area contributed by atoms with Crippen molar-refractivity contribution in [2.24, 2.45) is 5.92 Å². The molecule has 0 aliphatic carbocycles. The average molecular weight is 1470 g/mol. The summed E-state index contributed by atoms with van der Waals surface area (Å²) in [4.78, 5) is 73.0. The molecule has 0 amide bonds. The number of aliphatic hydroxyl groups excluding tert-OH is 1. The maximum absolute atomic E-state index is 13.1. The average Bonchev–Trinajstić information content (AvgIpc) is 0.968. The van der Waals surface area contributed by atoms with Crippen molar-refractivity contribution in [2.75, 3.05) is 39.6 Å². The standard InChI is InChI=1S/C81H158O17P2/c1-6-10-13-16-19-22-25-28-31-32-33-34-35-36-39-42-45-52-57-62-67-81(86)97-76(70-91-78(83)64-59-54-49-43-40-37-29-26-23-20-17-14-11-7-2)72-95-99(87,88)93-68-75(82)69-94-100(89,90)96-73-77(71-92-79(84)65-60-55-50-47-46-48-53-58-63-74(5)9-4)98-80(85)66-61-56-51-44-41-38-30-27-24-21-18-15-12-8-3/h74-77,82H,6-73H2,1-5H3,(H,87,88)(H,89,90)/t74?,75-,76-,77-/m1/s1. The Morgan fingerprint density at radius 1 is 0.280 bits per heavy atom. The van der Waals surface area contributed by atoms with Gasteiger partial charge in [-0.1, -0.05) is 381 Å². The molecule has 3 unspecified atom stereocenters. The molecule has 0 aliphatic heterocycles. The zero-order valence-corrected chi connectivity index (χ0v) is 67.1. The van der Waals surface area contributed by atoms with Crippen LogP contribution in [0.3, 0.4) is 0 Å². The van der Waals surface area contributed by atoms with E-state index in [-0.39, 0.29) is 25.7 Å². The van der Waals surface area contributed by atoms with Gasteiger partial charge in [0.15, 0.2) is 12.2 Å². The van der Waals surface area contributed by atoms with Gasteiger partial charge in [0.25, 0.3) is 0 Å². The molecular weight excluding hydrogens is 1310 g/mol. The fraction of sp³-hybridized carbons (Fsp3) is 0.951. The third-order valence-electron chi connectivity index (χ3n) is 19.4. The largest absolute Gasteiger partial charge is 0.472 e. The predicted molar refractivity (Wildman–Crippen MR) is 409 cm³/mol. The highest BCUT2D eigenvalue weighted by Gasteiger charge is 2.30. The van der Waals surface area contributed by atoms with Crippen molar-refractivity contribution in [1.82, 2.24) is 0 Å². The first-order valence-electron chi connectivity index (χ1n) is 42.2. The van der Waals surface area contributed by atoms with Crippen LogP contribution >= 0.6 is 15.6 Å². The molecule has 19 heteroatoms. The van der Waals surface area contributed by atoms with Crippen LogP contribution < -0.4 is 0 Å². The van der Waals surface area contributed by atoms with E-state index in [1.54, 1.807) is 0 Å². The number of ether oxygens (including phenoxy) is 4. The topological polar surface area (TPSA) is 237 Å². The second-order valence-corrected chi connectivity index (χ2v) is 32.3. The number of carbonyl (C=O) groups excluding carboxylic acids is 4. The lowest BCUT2D eigenvalue weighted by Gasteiger charge is -2.21. The first-order valence-corrected chi connectivity index (χ1v) is 45.2. The molecule has 0 aliphatic rings. The van der Waals surface area contributed by atoms with E-state index < -0.39 is 97.5 Å². The molecule has 100 heavy (non-hydrogen) atoms. The Morgan fingerprint density at radius 2 is 0.480 bits per heavy atom. The third kappa shape index (κ3) is 73.0. The van der Waals surface area contributed by atoms with Gasteiger partial charge in [0.05, 0.1) is 26.4 Å². The number of phosphoric acid groups is 2. The summed E-state index contributed by atoms with van der Waals surface area (Å²) in [5.74, 6) is -1.33. The van der Waals surface area contributed by atoms with Gasteiger partial charge in [0.1, 0.15) is 19.3 Å². The fourth-order valence-corrected chi connectivity index (χ4v) is 14.1. The Hall–Kier alpha value is -1.94. The van der Waals surface area contributed by atoms with Crippen molar-refractivity contribution in [3.63, 3.8) is 0 Å². The monoisotopic (exact) mass is 1470 g/mol. The molecule has 0 bridgehead atoms. The predicted octanol–water partition coefficient (Wildman–Crippen LogP) is 24.4. The number of hydrogen-bond acceptors (Lipinski definition) is 15. The minimum atomic E-state index is -4.96. The number of carbonyl (C=O) groups is 4. The number of unbranched alkanes of at least 4 members (excludes halogenated alkanes) is 52. The first kappa shape index (κ1) is 98.1. The van der Waals surface area contributed by atoms with Crippen molar-refractivity contribution < 1.29 is 80.2 Å². The second kappa shape index (κ2) is 73.9. The van der Waals surface area contributed by atoms with Gasteiger partial charge < -0.3 is 33.8 Å². The van der Waals surface area contributed by atoms with Gasteiger partial charge >= 0.3 is 39.5 Å². The lowest BCUT2D eigenvalue weighted by atomic mass is 9.99. The van der Waals surface area contributed by atoms with Crippen LogP contribution in [0.25, 0.3) is 0 Å². The first-order chi connectivity index (χ1) is 48.6. The van der Waals surface area contributed by atoms with Gasteiger partial charge in [0, 0.05) is 25.7 Å². The number of esters is 4. The number of aliphatic hydroxyl groups is 1. The van der Waals surface area contributed by atoms with Crippen LogP contribution in [-0.4, -0.2) is 96.7 Å². The van der Waals surface area contributed by atoms with Crippen molar-refractivity contribution in [3.8, 4) is 0 Å². The maximum Gasteiger partial charge on any atom is 0.472 e. The van der Waals surface area contributed by atoms with Crippen LogP contribution in [0.5, 0.6) is 0 Å². The highest BCUT2D eigenvalue weighted by molar-refractivity contribution is 7.47. The number of rotatable bonds is 81. The minimum Gasteiger partial charge on any atom is -0.462 e. The van der Waals surface area contributed by atoms with Gasteiger partial charge in [-0.3, -0.25) is 37.3 Å². The lowest BCUT2D eigenvalue weighted by molar-refractivity contribution is -0.161. The maximum atomic E-state index is 13.1. The van der Waals surface area contributed by atoms with Gasteiger partial charge in [0.2, 0.25) is 0 Å². The quantitative estimate of drug-likeness (QED) is 0.0222. The Balaban J connectivity index is 5.24. The van der Waals surface area contributed by atoms with E-state index in [2.05, 4.69) is 34.6 Å². The van der Waals surface area contributed by atoms with Gasteiger partial charge in [-0.25, -0.2) is 9.13 Å². The highest BCUT2D eigenvalue weighted by Crippen LogP contribution is 2.45. The zero-order valence-electron chi connectivity index (χ0n) is 65.3. The van der Waals surface area contributed by atoms with Crippen LogP contribution in [0.4, 0.5) is 0 Å². The minimum absolute atomic E-state index is 0.108. The van der Waals surface area contributed by atoms with E-state index >= 15 is 0 Å². The molecule has 3 N–H and O–H groups in total. The van der Waals surface area contributed by atoms with E-state index in [9.17, 15) is 43.2 Å². The molecule has 17 nitrogen and oxygen atoms in total. The van der Waals surface area contributed by atoms with E-state index in [1.807, 2.05) is 0 Å². The lowest BCUT2D eigenvalue weighted by Crippen LogP contribution is -2.30. The summed E-state index contributed by atoms with van der Waals surface area (Å²) in [5, 5.41) is 10.6. The molecule has 0 heterocycles. The van der Waals surface area contributed by atoms with Crippen LogP contribution in [0.1, 0.15) is 433 Å². The summed E-state index contributed by atoms with van der Waals surface area (Å²) in [6.45, 7) is 7.34. The molecule has 6 atom stereocenters. The van der Waals surface area contributed by atoms with Crippen molar-refractivity contribution in [3.05, 3.63) is 0 Å². The molecule has 0 spiro atoms. The van der Waals surface area contributed by atoms with Crippen LogP contribution in [0.2, 0.25) is 0 Å². The van der Waals surface area contributed by atoms with Crippen LogP contribution in [-0.2, 0) is 65.4 Å². The highest BCUT2D eigenvalue weighted by atomic mass is 31.2. The molecule has 594 valence electrons. The molecule has 0 aromatic carbocycles. The van der Waals surface area contributed by atoms with E-state index in [4.69, 9.17) is 37.0 Å². The van der Waals surface area contributed by atoms with Crippen LogP contribution in [0, 0.1) is 5.92 Å².